The second-order valence-electron chi connectivity index (χ2n) is 5.79. The molecule has 2 rings (SSSR count). The highest BCUT2D eigenvalue weighted by Gasteiger charge is 2.24. The van der Waals surface area contributed by atoms with E-state index in [2.05, 4.69) is 29.0 Å². The lowest BCUT2D eigenvalue weighted by Gasteiger charge is -2.35. The van der Waals surface area contributed by atoms with Crippen molar-refractivity contribution in [3.63, 3.8) is 0 Å². The fraction of sp³-hybridized carbons (Fsp3) is 0.667. The molecule has 1 saturated heterocycles. The molecule has 112 valence electrons. The molecule has 1 atom stereocenters. The Kier molecular flexibility index (Phi) is 6.09. The maximum Gasteiger partial charge on any atom is 0.135 e. The Morgan fingerprint density at radius 3 is 2.50 bits per heavy atom. The molecule has 0 aliphatic carbocycles. The third-order valence-electron chi connectivity index (χ3n) is 3.81. The van der Waals surface area contributed by atoms with E-state index in [1.54, 1.807) is 0 Å². The second kappa shape index (κ2) is 7.60. The molecule has 1 aromatic heterocycles. The van der Waals surface area contributed by atoms with E-state index in [1.807, 2.05) is 12.1 Å². The molecular weight excluding hydrogens is 293 g/mol. The van der Waals surface area contributed by atoms with Crippen molar-refractivity contribution >= 4 is 23.2 Å². The van der Waals surface area contributed by atoms with Gasteiger partial charge in [0.2, 0.25) is 0 Å². The molecule has 5 heteroatoms. The van der Waals surface area contributed by atoms with Gasteiger partial charge in [-0.25, -0.2) is 4.98 Å². The molecule has 0 radical (unpaired) electrons. The average Bonchev–Trinajstić information content (AvgIpc) is 2.42. The Bertz CT molecular complexity index is 431. The molecule has 3 nitrogen and oxygen atoms in total. The second-order valence-corrected chi connectivity index (χ2v) is 6.53. The van der Waals surface area contributed by atoms with Gasteiger partial charge in [-0.05, 0) is 24.8 Å². The summed E-state index contributed by atoms with van der Waals surface area (Å²) >= 11 is 12.2. The smallest absolute Gasteiger partial charge is 0.135 e. The van der Waals surface area contributed by atoms with Crippen LogP contribution in [0, 0.1) is 5.92 Å². The van der Waals surface area contributed by atoms with Gasteiger partial charge in [0, 0.05) is 37.8 Å². The number of piperazine rings is 1. The van der Waals surface area contributed by atoms with Crippen LogP contribution in [0.3, 0.4) is 0 Å². The SMILES string of the molecule is CC(C)CC[C@@H](c1ccc(Cl)nc1Cl)N1CCNCC1. The van der Waals surface area contributed by atoms with Crippen LogP contribution in [0.15, 0.2) is 12.1 Å². The molecule has 0 bridgehead atoms. The summed E-state index contributed by atoms with van der Waals surface area (Å²) in [7, 11) is 0. The van der Waals surface area contributed by atoms with E-state index in [1.165, 1.54) is 6.42 Å². The van der Waals surface area contributed by atoms with E-state index >= 15 is 0 Å². The minimum absolute atomic E-state index is 0.344. The Morgan fingerprint density at radius 1 is 1.20 bits per heavy atom. The summed E-state index contributed by atoms with van der Waals surface area (Å²) < 4.78 is 0. The van der Waals surface area contributed by atoms with Crippen molar-refractivity contribution in [2.75, 3.05) is 26.2 Å². The largest absolute Gasteiger partial charge is 0.314 e. The van der Waals surface area contributed by atoms with Gasteiger partial charge >= 0.3 is 0 Å². The summed E-state index contributed by atoms with van der Waals surface area (Å²) in [5.41, 5.74) is 1.11. The molecule has 0 aromatic carbocycles. The van der Waals surface area contributed by atoms with Crippen LogP contribution in [0.5, 0.6) is 0 Å². The number of nitrogens with one attached hydrogen (secondary N) is 1. The predicted molar refractivity (Wildman–Crippen MR) is 85.5 cm³/mol. The van der Waals surface area contributed by atoms with Gasteiger partial charge < -0.3 is 5.32 Å². The topological polar surface area (TPSA) is 28.2 Å². The molecule has 0 saturated carbocycles. The van der Waals surface area contributed by atoms with Gasteiger partial charge in [0.05, 0.1) is 0 Å². The van der Waals surface area contributed by atoms with Gasteiger partial charge in [-0.1, -0.05) is 43.1 Å². The zero-order valence-corrected chi connectivity index (χ0v) is 13.7. The summed E-state index contributed by atoms with van der Waals surface area (Å²) in [6, 6.07) is 4.22. The van der Waals surface area contributed by atoms with Crippen LogP contribution < -0.4 is 5.32 Å². The number of rotatable bonds is 5. The molecule has 1 aromatic rings. The van der Waals surface area contributed by atoms with Crippen LogP contribution in [-0.2, 0) is 0 Å². The fourth-order valence-electron chi connectivity index (χ4n) is 2.69. The van der Waals surface area contributed by atoms with Crippen molar-refractivity contribution in [2.24, 2.45) is 5.92 Å². The first-order valence-electron chi connectivity index (χ1n) is 7.34. The number of hydrogen-bond acceptors (Lipinski definition) is 3. The summed E-state index contributed by atoms with van der Waals surface area (Å²) in [4.78, 5) is 6.71. The van der Waals surface area contributed by atoms with Gasteiger partial charge in [-0.3, -0.25) is 4.90 Å². The third kappa shape index (κ3) is 4.32. The first-order chi connectivity index (χ1) is 9.58. The molecule has 0 amide bonds. The van der Waals surface area contributed by atoms with Gasteiger partial charge in [0.25, 0.3) is 0 Å². The van der Waals surface area contributed by atoms with Crippen LogP contribution in [-0.4, -0.2) is 36.1 Å². The van der Waals surface area contributed by atoms with Crippen LogP contribution in [0.25, 0.3) is 0 Å². The molecular formula is C15H23Cl2N3. The van der Waals surface area contributed by atoms with E-state index in [9.17, 15) is 0 Å². The first-order valence-corrected chi connectivity index (χ1v) is 8.10. The summed E-state index contributed by atoms with van der Waals surface area (Å²) in [5, 5.41) is 4.40. The standard InChI is InChI=1S/C15H23Cl2N3/c1-11(2)3-5-13(20-9-7-18-8-10-20)12-4-6-14(16)19-15(12)17/h4,6,11,13,18H,3,5,7-10H2,1-2H3/t13-/m0/s1. The van der Waals surface area contributed by atoms with Crippen molar-refractivity contribution in [1.82, 2.24) is 15.2 Å². The monoisotopic (exact) mass is 315 g/mol. The van der Waals surface area contributed by atoms with Crippen molar-refractivity contribution in [1.29, 1.82) is 0 Å². The zero-order chi connectivity index (χ0) is 14.5. The maximum atomic E-state index is 6.32. The number of nitrogens with zero attached hydrogens (tertiary/aromatic N) is 2. The van der Waals surface area contributed by atoms with Crippen LogP contribution in [0.2, 0.25) is 10.3 Å². The van der Waals surface area contributed by atoms with E-state index < -0.39 is 0 Å². The van der Waals surface area contributed by atoms with Crippen LogP contribution in [0.1, 0.15) is 38.3 Å². The lowest BCUT2D eigenvalue weighted by molar-refractivity contribution is 0.159. The first kappa shape index (κ1) is 16.0. The van der Waals surface area contributed by atoms with Crippen LogP contribution in [0.4, 0.5) is 0 Å². The highest BCUT2D eigenvalue weighted by molar-refractivity contribution is 6.32. The van der Waals surface area contributed by atoms with E-state index in [-0.39, 0.29) is 0 Å². The Labute approximate surface area is 131 Å². The van der Waals surface area contributed by atoms with Gasteiger partial charge in [-0.15, -0.1) is 0 Å². The van der Waals surface area contributed by atoms with Crippen molar-refractivity contribution in [3.8, 4) is 0 Å². The molecule has 1 aliphatic heterocycles. The van der Waals surface area contributed by atoms with Crippen molar-refractivity contribution in [3.05, 3.63) is 28.0 Å². The molecule has 2 heterocycles. The molecule has 20 heavy (non-hydrogen) atoms. The summed E-state index contributed by atoms with van der Waals surface area (Å²) in [5.74, 6) is 0.694. The Balaban J connectivity index is 2.19. The lowest BCUT2D eigenvalue weighted by atomic mass is 9.97. The van der Waals surface area contributed by atoms with Crippen LogP contribution >= 0.6 is 23.2 Å². The van der Waals surface area contributed by atoms with Crippen molar-refractivity contribution < 1.29 is 0 Å². The van der Waals surface area contributed by atoms with E-state index in [0.29, 0.717) is 22.3 Å². The lowest BCUT2D eigenvalue weighted by Crippen LogP contribution is -2.45. The van der Waals surface area contributed by atoms with Gasteiger partial charge in [0.15, 0.2) is 0 Å². The fourth-order valence-corrected chi connectivity index (χ4v) is 3.16. The van der Waals surface area contributed by atoms with E-state index in [4.69, 9.17) is 23.2 Å². The highest BCUT2D eigenvalue weighted by atomic mass is 35.5. The molecule has 0 spiro atoms. The van der Waals surface area contributed by atoms with Gasteiger partial charge in [0.1, 0.15) is 10.3 Å². The minimum Gasteiger partial charge on any atom is -0.314 e. The summed E-state index contributed by atoms with van der Waals surface area (Å²) in [6.07, 6.45) is 2.30. The molecule has 0 unspecified atom stereocenters. The number of aromatic nitrogens is 1. The van der Waals surface area contributed by atoms with Gasteiger partial charge in [-0.2, -0.15) is 0 Å². The number of hydrogen-bond donors (Lipinski definition) is 1. The van der Waals surface area contributed by atoms with E-state index in [0.717, 1.165) is 38.2 Å². The minimum atomic E-state index is 0.344. The normalized spacial score (nSPS) is 18.4. The summed E-state index contributed by atoms with van der Waals surface area (Å²) in [6.45, 7) is 8.71. The van der Waals surface area contributed by atoms with Crippen molar-refractivity contribution in [2.45, 2.75) is 32.7 Å². The third-order valence-corrected chi connectivity index (χ3v) is 4.33. The number of pyridine rings is 1. The molecule has 1 N–H and O–H groups in total. The Hall–Kier alpha value is -0.350. The molecule has 1 aliphatic rings. The number of halogens is 2. The highest BCUT2D eigenvalue weighted by Crippen LogP contribution is 2.32. The maximum absolute atomic E-state index is 6.32. The average molecular weight is 316 g/mol. The quantitative estimate of drug-likeness (QED) is 0.838. The molecule has 1 fully saturated rings. The zero-order valence-electron chi connectivity index (χ0n) is 12.2. The predicted octanol–water partition coefficient (Wildman–Crippen LogP) is 3.77. The Morgan fingerprint density at radius 2 is 1.90 bits per heavy atom.